The predicted octanol–water partition coefficient (Wildman–Crippen LogP) is 3.70. The molecule has 2 unspecified atom stereocenters. The van der Waals surface area contributed by atoms with Crippen LogP contribution >= 0.6 is 0 Å². The average molecular weight is 419 g/mol. The largest absolute Gasteiger partial charge is 0.369 e. The van der Waals surface area contributed by atoms with E-state index in [4.69, 9.17) is 4.98 Å². The highest BCUT2D eigenvalue weighted by Crippen LogP contribution is 2.34. The normalized spacial score (nSPS) is 21.9. The molecule has 5 rings (SSSR count). The van der Waals surface area contributed by atoms with E-state index in [9.17, 15) is 4.79 Å². The van der Waals surface area contributed by atoms with Crippen LogP contribution in [0.2, 0.25) is 0 Å². The minimum atomic E-state index is 0.0243. The van der Waals surface area contributed by atoms with Crippen LogP contribution in [0.1, 0.15) is 38.6 Å². The maximum absolute atomic E-state index is 12.8. The van der Waals surface area contributed by atoms with Crippen molar-refractivity contribution in [2.75, 3.05) is 36.4 Å². The van der Waals surface area contributed by atoms with E-state index >= 15 is 0 Å². The van der Waals surface area contributed by atoms with Gasteiger partial charge in [-0.05, 0) is 49.1 Å². The molecule has 2 fully saturated rings. The quantitative estimate of drug-likeness (QED) is 0.673. The summed E-state index contributed by atoms with van der Waals surface area (Å²) in [5, 5.41) is 7.60. The van der Waals surface area contributed by atoms with Crippen LogP contribution in [-0.2, 0) is 0 Å². The van der Waals surface area contributed by atoms with Gasteiger partial charge in [0.25, 0.3) is 5.56 Å². The highest BCUT2D eigenvalue weighted by Gasteiger charge is 2.25. The molecule has 7 nitrogen and oxygen atoms in total. The zero-order chi connectivity index (χ0) is 21.2. The van der Waals surface area contributed by atoms with Gasteiger partial charge in [-0.2, -0.15) is 4.98 Å². The van der Waals surface area contributed by atoms with Crippen LogP contribution in [0.3, 0.4) is 0 Å². The molecule has 1 saturated carbocycles. The Labute approximate surface area is 182 Å². The van der Waals surface area contributed by atoms with Crippen molar-refractivity contribution in [1.29, 1.82) is 0 Å². The van der Waals surface area contributed by atoms with E-state index in [-0.39, 0.29) is 11.6 Å². The van der Waals surface area contributed by atoms with E-state index in [0.717, 1.165) is 62.2 Å². The number of rotatable bonds is 4. The van der Waals surface area contributed by atoms with Crippen molar-refractivity contribution >= 4 is 28.4 Å². The maximum Gasteiger partial charge on any atom is 0.252 e. The molecule has 0 spiro atoms. The standard InChI is InChI=1S/C24H30N6O/c1-17-4-2-3-5-21(17)30-22(31)11-6-18-16-26-24(28-23(18)30)27-19-7-9-20(10-8-19)29-14-12-25-13-15-29/h6-11,16-17,21,25H,2-5,12-15H2,1H3,(H,26,27,28). The zero-order valence-corrected chi connectivity index (χ0v) is 18.1. The Hall–Kier alpha value is -2.93. The van der Waals surface area contributed by atoms with Gasteiger partial charge in [-0.25, -0.2) is 4.98 Å². The second-order valence-corrected chi connectivity index (χ2v) is 8.75. The Morgan fingerprint density at radius 3 is 2.58 bits per heavy atom. The zero-order valence-electron chi connectivity index (χ0n) is 18.1. The van der Waals surface area contributed by atoms with E-state index in [1.807, 2.05) is 16.8 Å². The van der Waals surface area contributed by atoms with Crippen LogP contribution in [0.15, 0.2) is 47.4 Å². The van der Waals surface area contributed by atoms with Crippen molar-refractivity contribution in [2.24, 2.45) is 5.92 Å². The Kier molecular flexibility index (Phi) is 5.59. The van der Waals surface area contributed by atoms with Gasteiger partial charge in [0.15, 0.2) is 0 Å². The molecule has 0 amide bonds. The molecular weight excluding hydrogens is 388 g/mol. The third-order valence-electron chi connectivity index (χ3n) is 6.67. The first kappa shape index (κ1) is 20.0. The lowest BCUT2D eigenvalue weighted by Crippen LogP contribution is -2.43. The fourth-order valence-electron chi connectivity index (χ4n) is 4.91. The number of nitrogens with one attached hydrogen (secondary N) is 2. The number of benzene rings is 1. The minimum absolute atomic E-state index is 0.0243. The van der Waals surface area contributed by atoms with Crippen molar-refractivity contribution in [3.8, 4) is 0 Å². The summed E-state index contributed by atoms with van der Waals surface area (Å²) in [5.41, 5.74) is 2.91. The first-order chi connectivity index (χ1) is 15.2. The molecule has 2 aromatic heterocycles. The van der Waals surface area contributed by atoms with Crippen molar-refractivity contribution in [2.45, 2.75) is 38.6 Å². The second-order valence-electron chi connectivity index (χ2n) is 8.75. The monoisotopic (exact) mass is 418 g/mol. The SMILES string of the molecule is CC1CCCCC1n1c(=O)ccc2cnc(Nc3ccc(N4CCNCC4)cc3)nc21. The maximum atomic E-state index is 12.8. The highest BCUT2D eigenvalue weighted by atomic mass is 16.1. The Morgan fingerprint density at radius 2 is 1.81 bits per heavy atom. The number of anilines is 3. The molecule has 2 N–H and O–H groups in total. The molecule has 2 atom stereocenters. The van der Waals surface area contributed by atoms with Crippen molar-refractivity contribution in [3.05, 3.63) is 52.9 Å². The molecule has 1 aromatic carbocycles. The molecular formula is C24H30N6O. The number of fused-ring (bicyclic) bond motifs is 1. The molecule has 31 heavy (non-hydrogen) atoms. The van der Waals surface area contributed by atoms with Crippen LogP contribution in [0.4, 0.5) is 17.3 Å². The number of piperazine rings is 1. The second kappa shape index (κ2) is 8.67. The summed E-state index contributed by atoms with van der Waals surface area (Å²) in [6.07, 6.45) is 6.39. The number of hydrogen-bond acceptors (Lipinski definition) is 6. The number of pyridine rings is 1. The van der Waals surface area contributed by atoms with Gasteiger partial charge in [0.2, 0.25) is 5.95 Å². The average Bonchev–Trinajstić information content (AvgIpc) is 2.81. The first-order valence-electron chi connectivity index (χ1n) is 11.4. The molecule has 0 radical (unpaired) electrons. The molecule has 1 aliphatic carbocycles. The van der Waals surface area contributed by atoms with Gasteiger partial charge in [0, 0.05) is 61.2 Å². The minimum Gasteiger partial charge on any atom is -0.369 e. The lowest BCUT2D eigenvalue weighted by molar-refractivity contribution is 0.257. The van der Waals surface area contributed by atoms with Crippen LogP contribution < -0.4 is 21.1 Å². The highest BCUT2D eigenvalue weighted by molar-refractivity contribution is 5.76. The Morgan fingerprint density at radius 1 is 1.03 bits per heavy atom. The molecule has 3 aromatic rings. The topological polar surface area (TPSA) is 75.1 Å². The third kappa shape index (κ3) is 4.14. The van der Waals surface area contributed by atoms with E-state index in [0.29, 0.717) is 11.9 Å². The summed E-state index contributed by atoms with van der Waals surface area (Å²) in [4.78, 5) is 24.5. The molecule has 162 valence electrons. The number of nitrogens with zero attached hydrogens (tertiary/aromatic N) is 4. The molecule has 7 heteroatoms. The van der Waals surface area contributed by atoms with E-state index in [1.165, 1.54) is 12.1 Å². The first-order valence-corrected chi connectivity index (χ1v) is 11.4. The van der Waals surface area contributed by atoms with Crippen LogP contribution in [0.5, 0.6) is 0 Å². The summed E-state index contributed by atoms with van der Waals surface area (Å²) in [7, 11) is 0. The van der Waals surface area contributed by atoms with Crippen molar-refractivity contribution < 1.29 is 0 Å². The predicted molar refractivity (Wildman–Crippen MR) is 125 cm³/mol. The molecule has 2 aliphatic rings. The van der Waals surface area contributed by atoms with E-state index in [1.54, 1.807) is 6.07 Å². The number of hydrogen-bond donors (Lipinski definition) is 2. The Balaban J connectivity index is 1.43. The van der Waals surface area contributed by atoms with Crippen LogP contribution in [-0.4, -0.2) is 40.7 Å². The number of aromatic nitrogens is 3. The molecule has 3 heterocycles. The lowest BCUT2D eigenvalue weighted by atomic mass is 9.85. The molecule has 1 aliphatic heterocycles. The summed E-state index contributed by atoms with van der Waals surface area (Å²) in [5.74, 6) is 0.992. The summed E-state index contributed by atoms with van der Waals surface area (Å²) in [6.45, 7) is 6.34. The third-order valence-corrected chi connectivity index (χ3v) is 6.67. The van der Waals surface area contributed by atoms with E-state index < -0.39 is 0 Å². The van der Waals surface area contributed by atoms with Crippen molar-refractivity contribution in [1.82, 2.24) is 19.9 Å². The molecule has 1 saturated heterocycles. The van der Waals surface area contributed by atoms with Gasteiger partial charge in [0.05, 0.1) is 0 Å². The van der Waals surface area contributed by atoms with Gasteiger partial charge in [-0.15, -0.1) is 0 Å². The lowest BCUT2D eigenvalue weighted by Gasteiger charge is -2.31. The van der Waals surface area contributed by atoms with Gasteiger partial charge in [0.1, 0.15) is 5.65 Å². The fraction of sp³-hybridized carbons (Fsp3) is 0.458. The summed E-state index contributed by atoms with van der Waals surface area (Å²) >= 11 is 0. The van der Waals surface area contributed by atoms with Crippen LogP contribution in [0.25, 0.3) is 11.0 Å². The van der Waals surface area contributed by atoms with Gasteiger partial charge >= 0.3 is 0 Å². The van der Waals surface area contributed by atoms with Gasteiger partial charge in [-0.1, -0.05) is 19.8 Å². The van der Waals surface area contributed by atoms with E-state index in [2.05, 4.69) is 51.7 Å². The van der Waals surface area contributed by atoms with Gasteiger partial charge in [-0.3, -0.25) is 9.36 Å². The van der Waals surface area contributed by atoms with Crippen LogP contribution in [0, 0.1) is 5.92 Å². The van der Waals surface area contributed by atoms with Crippen molar-refractivity contribution in [3.63, 3.8) is 0 Å². The summed E-state index contributed by atoms with van der Waals surface area (Å²) in [6, 6.07) is 12.1. The molecule has 0 bridgehead atoms. The van der Waals surface area contributed by atoms with Gasteiger partial charge < -0.3 is 15.5 Å². The smallest absolute Gasteiger partial charge is 0.252 e. The fourth-order valence-corrected chi connectivity index (χ4v) is 4.91. The summed E-state index contributed by atoms with van der Waals surface area (Å²) < 4.78 is 1.90. The Bertz CT molecular complexity index is 1100.